The minimum absolute atomic E-state index is 0.157. The normalized spacial score (nSPS) is 31.3. The van der Waals surface area contributed by atoms with Crippen molar-refractivity contribution >= 4 is 6.09 Å². The molecule has 1 N–H and O–H groups in total. The summed E-state index contributed by atoms with van der Waals surface area (Å²) >= 11 is 0. The predicted octanol–water partition coefficient (Wildman–Crippen LogP) is 0.0727. The van der Waals surface area contributed by atoms with Crippen molar-refractivity contribution in [3.63, 3.8) is 0 Å². The molecule has 5 heteroatoms. The van der Waals surface area contributed by atoms with Gasteiger partial charge in [-0.25, -0.2) is 4.79 Å². The zero-order valence-corrected chi connectivity index (χ0v) is 9.13. The average Bonchev–Trinajstić information content (AvgIpc) is 2.73. The highest BCUT2D eigenvalue weighted by Crippen LogP contribution is 2.23. The lowest BCUT2D eigenvalue weighted by Crippen LogP contribution is -2.49. The van der Waals surface area contributed by atoms with Crippen LogP contribution in [0.4, 0.5) is 4.79 Å². The molecule has 16 heavy (non-hydrogen) atoms. The Labute approximate surface area is 95.0 Å². The molecule has 0 aromatic rings. The van der Waals surface area contributed by atoms with Gasteiger partial charge in [0.15, 0.2) is 0 Å². The van der Waals surface area contributed by atoms with Crippen LogP contribution in [0.3, 0.4) is 0 Å². The Bertz CT molecular complexity index is 307. The van der Waals surface area contributed by atoms with E-state index in [2.05, 4.69) is 10.8 Å². The maximum atomic E-state index is 11.0. The zero-order valence-electron chi connectivity index (χ0n) is 9.13. The average molecular weight is 224 g/mol. The smallest absolute Gasteiger partial charge is 0.408 e. The van der Waals surface area contributed by atoms with E-state index in [1.54, 1.807) is 0 Å². The number of ether oxygens (including phenoxy) is 1. The third-order valence-corrected chi connectivity index (χ3v) is 3.30. The van der Waals surface area contributed by atoms with E-state index >= 15 is 0 Å². The van der Waals surface area contributed by atoms with Crippen molar-refractivity contribution in [3.8, 4) is 12.3 Å². The number of rotatable bonds is 1. The fourth-order valence-electron chi connectivity index (χ4n) is 2.48. The van der Waals surface area contributed by atoms with Crippen molar-refractivity contribution in [1.82, 2.24) is 9.80 Å². The summed E-state index contributed by atoms with van der Waals surface area (Å²) in [6.07, 6.45) is 5.35. The third kappa shape index (κ3) is 1.99. The molecule has 0 saturated carbocycles. The number of amides is 1. The van der Waals surface area contributed by atoms with Crippen LogP contribution in [0, 0.1) is 12.3 Å². The molecule has 0 aliphatic carbocycles. The van der Waals surface area contributed by atoms with E-state index in [-0.39, 0.29) is 12.1 Å². The first kappa shape index (κ1) is 11.2. The van der Waals surface area contributed by atoms with E-state index in [4.69, 9.17) is 16.3 Å². The first-order valence-corrected chi connectivity index (χ1v) is 5.51. The summed E-state index contributed by atoms with van der Waals surface area (Å²) in [5.74, 6) is 2.61. The molecule has 0 spiro atoms. The number of morpholine rings is 1. The highest BCUT2D eigenvalue weighted by atomic mass is 16.5. The van der Waals surface area contributed by atoms with Gasteiger partial charge in [0, 0.05) is 25.7 Å². The number of hydrogen-bond acceptors (Lipinski definition) is 3. The molecule has 2 saturated heterocycles. The van der Waals surface area contributed by atoms with E-state index in [9.17, 15) is 4.79 Å². The first-order chi connectivity index (χ1) is 7.74. The Hall–Kier alpha value is -1.25. The third-order valence-electron chi connectivity index (χ3n) is 3.30. The molecule has 88 valence electrons. The lowest BCUT2D eigenvalue weighted by molar-refractivity contribution is 0.0140. The Balaban J connectivity index is 2.05. The van der Waals surface area contributed by atoms with Crippen molar-refractivity contribution in [2.24, 2.45) is 0 Å². The molecule has 1 amide bonds. The summed E-state index contributed by atoms with van der Waals surface area (Å²) in [6.45, 7) is 3.64. The van der Waals surface area contributed by atoms with Crippen molar-refractivity contribution < 1.29 is 14.6 Å². The highest BCUT2D eigenvalue weighted by molar-refractivity contribution is 5.66. The van der Waals surface area contributed by atoms with Crippen LogP contribution in [-0.2, 0) is 4.74 Å². The van der Waals surface area contributed by atoms with Gasteiger partial charge in [0.1, 0.15) is 6.04 Å². The van der Waals surface area contributed by atoms with Crippen LogP contribution in [-0.4, -0.2) is 65.9 Å². The molecule has 2 fully saturated rings. The number of hydrogen-bond donors (Lipinski definition) is 1. The van der Waals surface area contributed by atoms with Gasteiger partial charge < -0.3 is 9.84 Å². The van der Waals surface area contributed by atoms with Crippen LogP contribution >= 0.6 is 0 Å². The van der Waals surface area contributed by atoms with Crippen LogP contribution in [0.2, 0.25) is 0 Å². The number of terminal acetylenes is 1. The van der Waals surface area contributed by atoms with Crippen LogP contribution in [0.1, 0.15) is 6.42 Å². The molecule has 2 aliphatic rings. The summed E-state index contributed by atoms with van der Waals surface area (Å²) in [4.78, 5) is 14.6. The second-order valence-electron chi connectivity index (χ2n) is 4.09. The zero-order chi connectivity index (χ0) is 11.5. The maximum Gasteiger partial charge on any atom is 0.408 e. The van der Waals surface area contributed by atoms with Gasteiger partial charge in [-0.3, -0.25) is 9.80 Å². The summed E-state index contributed by atoms with van der Waals surface area (Å²) < 4.78 is 5.28. The largest absolute Gasteiger partial charge is 0.465 e. The molecule has 0 unspecified atom stereocenters. The fraction of sp³-hybridized carbons (Fsp3) is 0.727. The second kappa shape index (κ2) is 4.73. The van der Waals surface area contributed by atoms with E-state index in [0.29, 0.717) is 19.8 Å². The minimum atomic E-state index is -0.918. The van der Waals surface area contributed by atoms with E-state index in [0.717, 1.165) is 19.5 Å². The molecule has 2 rings (SSSR count). The first-order valence-electron chi connectivity index (χ1n) is 5.51. The van der Waals surface area contributed by atoms with Gasteiger partial charge in [-0.15, -0.1) is 6.42 Å². The quantitative estimate of drug-likeness (QED) is 0.641. The van der Waals surface area contributed by atoms with Gasteiger partial charge in [-0.05, 0) is 6.42 Å². The van der Waals surface area contributed by atoms with Crippen LogP contribution in [0.15, 0.2) is 0 Å². The Morgan fingerprint density at radius 3 is 2.62 bits per heavy atom. The molecule has 2 atom stereocenters. The van der Waals surface area contributed by atoms with Crippen molar-refractivity contribution in [2.75, 3.05) is 32.8 Å². The number of likely N-dealkylation sites (tertiary alicyclic amines) is 1. The number of carboxylic acid groups (broad SMARTS) is 1. The second-order valence-corrected chi connectivity index (χ2v) is 4.09. The Kier molecular flexibility index (Phi) is 3.32. The standard InChI is InChI=1S/C11H16N2O3/c1-2-9-10(3-4-13(9)11(14)15)12-5-7-16-8-6-12/h1,9-10H,3-8H2,(H,14,15)/t9-,10+/m1/s1. The van der Waals surface area contributed by atoms with Gasteiger partial charge in [-0.2, -0.15) is 0 Å². The monoisotopic (exact) mass is 224 g/mol. The van der Waals surface area contributed by atoms with Gasteiger partial charge in [0.05, 0.1) is 13.2 Å². The molecule has 0 radical (unpaired) electrons. The summed E-state index contributed by atoms with van der Waals surface area (Å²) in [5.41, 5.74) is 0. The Morgan fingerprint density at radius 2 is 2.06 bits per heavy atom. The van der Waals surface area contributed by atoms with E-state index < -0.39 is 6.09 Å². The van der Waals surface area contributed by atoms with Crippen molar-refractivity contribution in [2.45, 2.75) is 18.5 Å². The van der Waals surface area contributed by atoms with Gasteiger partial charge in [0.25, 0.3) is 0 Å². The maximum absolute atomic E-state index is 11.0. The fourth-order valence-corrected chi connectivity index (χ4v) is 2.48. The van der Waals surface area contributed by atoms with E-state index in [1.807, 2.05) is 0 Å². The van der Waals surface area contributed by atoms with Crippen molar-refractivity contribution in [1.29, 1.82) is 0 Å². The molecule has 5 nitrogen and oxygen atoms in total. The van der Waals surface area contributed by atoms with Crippen LogP contribution in [0.25, 0.3) is 0 Å². The number of carbonyl (C=O) groups is 1. The molecule has 2 heterocycles. The summed E-state index contributed by atoms with van der Waals surface area (Å²) in [6, 6.07) is -0.152. The van der Waals surface area contributed by atoms with Gasteiger partial charge >= 0.3 is 6.09 Å². The summed E-state index contributed by atoms with van der Waals surface area (Å²) in [5, 5.41) is 9.02. The predicted molar refractivity (Wildman–Crippen MR) is 58.1 cm³/mol. The minimum Gasteiger partial charge on any atom is -0.465 e. The SMILES string of the molecule is C#C[C@@H]1[C@@H](N2CCOCC2)CCN1C(=O)O. The lowest BCUT2D eigenvalue weighted by atomic mass is 10.1. The summed E-state index contributed by atoms with van der Waals surface area (Å²) in [7, 11) is 0. The molecular formula is C11H16N2O3. The molecule has 0 aromatic heterocycles. The Morgan fingerprint density at radius 1 is 1.38 bits per heavy atom. The van der Waals surface area contributed by atoms with Gasteiger partial charge in [-0.1, -0.05) is 5.92 Å². The molecule has 0 aromatic carbocycles. The van der Waals surface area contributed by atoms with Crippen LogP contribution < -0.4 is 0 Å². The lowest BCUT2D eigenvalue weighted by Gasteiger charge is -2.34. The van der Waals surface area contributed by atoms with Crippen LogP contribution in [0.5, 0.6) is 0 Å². The topological polar surface area (TPSA) is 53.0 Å². The molecular weight excluding hydrogens is 208 g/mol. The highest BCUT2D eigenvalue weighted by Gasteiger charge is 2.39. The van der Waals surface area contributed by atoms with E-state index in [1.165, 1.54) is 4.90 Å². The van der Waals surface area contributed by atoms with Crippen molar-refractivity contribution in [3.05, 3.63) is 0 Å². The molecule has 2 aliphatic heterocycles. The number of nitrogens with zero attached hydrogens (tertiary/aromatic N) is 2. The van der Waals surface area contributed by atoms with Gasteiger partial charge in [0.2, 0.25) is 0 Å². The molecule has 0 bridgehead atoms.